The molecule has 0 aliphatic heterocycles. The molecule has 0 aliphatic rings. The number of nitrogens with one attached hydrogen (secondary N) is 1. The van der Waals surface area contributed by atoms with Gasteiger partial charge in [0.05, 0.1) is 0 Å². The molecule has 1 nitrogen and oxygen atoms in total. The molecule has 0 amide bonds. The van der Waals surface area contributed by atoms with E-state index in [0.29, 0.717) is 0 Å². The van der Waals surface area contributed by atoms with E-state index in [2.05, 4.69) is 48.6 Å². The zero-order chi connectivity index (χ0) is 14.7. The summed E-state index contributed by atoms with van der Waals surface area (Å²) in [6, 6.07) is 21.7. The van der Waals surface area contributed by atoms with Crippen LogP contribution in [0.5, 0.6) is 0 Å². The molecule has 0 aromatic heterocycles. The van der Waals surface area contributed by atoms with Gasteiger partial charge in [0.25, 0.3) is 0 Å². The van der Waals surface area contributed by atoms with Crippen LogP contribution < -0.4 is 5.32 Å². The normalized spacial score (nSPS) is 12.5. The number of halogens is 1. The van der Waals surface area contributed by atoms with E-state index in [-0.39, 0.29) is 11.9 Å². The number of fused-ring (bicyclic) bond motifs is 1. The van der Waals surface area contributed by atoms with Crippen LogP contribution in [0.25, 0.3) is 10.8 Å². The fraction of sp³-hybridized carbons (Fsp3) is 0.158. The zero-order valence-corrected chi connectivity index (χ0v) is 12.0. The SMILES string of the molecule is C[C@@H](NCc1ccc2ccccc2c1)c1cccc(F)c1. The first-order valence-electron chi connectivity index (χ1n) is 7.19. The molecule has 0 radical (unpaired) electrons. The molecule has 3 aromatic rings. The van der Waals surface area contributed by atoms with Crippen LogP contribution in [0.4, 0.5) is 4.39 Å². The topological polar surface area (TPSA) is 12.0 Å². The Bertz CT molecular complexity index is 751. The Balaban J connectivity index is 1.71. The highest BCUT2D eigenvalue weighted by molar-refractivity contribution is 5.82. The molecule has 3 aromatic carbocycles. The first-order valence-corrected chi connectivity index (χ1v) is 7.19. The van der Waals surface area contributed by atoms with Gasteiger partial charge in [-0.05, 0) is 47.0 Å². The fourth-order valence-electron chi connectivity index (χ4n) is 2.51. The first-order chi connectivity index (χ1) is 10.2. The lowest BCUT2D eigenvalue weighted by Crippen LogP contribution is -2.18. The second-order valence-corrected chi connectivity index (χ2v) is 5.34. The highest BCUT2D eigenvalue weighted by Crippen LogP contribution is 2.17. The van der Waals surface area contributed by atoms with Crippen molar-refractivity contribution in [3.05, 3.63) is 83.7 Å². The average molecular weight is 279 g/mol. The summed E-state index contributed by atoms with van der Waals surface area (Å²) >= 11 is 0. The van der Waals surface area contributed by atoms with Gasteiger partial charge in [0.15, 0.2) is 0 Å². The van der Waals surface area contributed by atoms with Gasteiger partial charge >= 0.3 is 0 Å². The lowest BCUT2D eigenvalue weighted by Gasteiger charge is -2.14. The third kappa shape index (κ3) is 3.29. The lowest BCUT2D eigenvalue weighted by atomic mass is 10.1. The monoisotopic (exact) mass is 279 g/mol. The van der Waals surface area contributed by atoms with Crippen LogP contribution in [-0.4, -0.2) is 0 Å². The van der Waals surface area contributed by atoms with E-state index in [9.17, 15) is 4.39 Å². The molecule has 0 saturated heterocycles. The van der Waals surface area contributed by atoms with Crippen molar-refractivity contribution in [2.45, 2.75) is 19.5 Å². The van der Waals surface area contributed by atoms with Crippen molar-refractivity contribution in [2.24, 2.45) is 0 Å². The second-order valence-electron chi connectivity index (χ2n) is 5.34. The Hall–Kier alpha value is -2.19. The smallest absolute Gasteiger partial charge is 0.123 e. The molecule has 0 heterocycles. The average Bonchev–Trinajstić information content (AvgIpc) is 2.52. The number of benzene rings is 3. The Morgan fingerprint density at radius 2 is 1.71 bits per heavy atom. The van der Waals surface area contributed by atoms with Gasteiger partial charge in [0, 0.05) is 12.6 Å². The van der Waals surface area contributed by atoms with E-state index in [1.54, 1.807) is 12.1 Å². The van der Waals surface area contributed by atoms with Crippen LogP contribution in [-0.2, 0) is 6.54 Å². The van der Waals surface area contributed by atoms with Crippen LogP contribution in [0.15, 0.2) is 66.7 Å². The van der Waals surface area contributed by atoms with Crippen molar-refractivity contribution < 1.29 is 4.39 Å². The van der Waals surface area contributed by atoms with E-state index >= 15 is 0 Å². The summed E-state index contributed by atoms with van der Waals surface area (Å²) in [5, 5.41) is 5.94. The molecule has 0 unspecified atom stereocenters. The highest BCUT2D eigenvalue weighted by atomic mass is 19.1. The molecule has 2 heteroatoms. The Morgan fingerprint density at radius 3 is 2.52 bits per heavy atom. The van der Waals surface area contributed by atoms with Gasteiger partial charge in [-0.15, -0.1) is 0 Å². The van der Waals surface area contributed by atoms with Crippen LogP contribution in [0.3, 0.4) is 0 Å². The van der Waals surface area contributed by atoms with Crippen molar-refractivity contribution >= 4 is 10.8 Å². The number of hydrogen-bond donors (Lipinski definition) is 1. The Kier molecular flexibility index (Phi) is 3.98. The molecule has 1 atom stereocenters. The van der Waals surface area contributed by atoms with Crippen LogP contribution in [0.1, 0.15) is 24.1 Å². The van der Waals surface area contributed by atoms with Gasteiger partial charge in [0.2, 0.25) is 0 Å². The number of rotatable bonds is 4. The zero-order valence-electron chi connectivity index (χ0n) is 12.0. The van der Waals surface area contributed by atoms with Gasteiger partial charge in [0.1, 0.15) is 5.82 Å². The second kappa shape index (κ2) is 6.06. The summed E-state index contributed by atoms with van der Waals surface area (Å²) < 4.78 is 13.2. The largest absolute Gasteiger partial charge is 0.306 e. The Morgan fingerprint density at radius 1 is 0.905 bits per heavy atom. The third-order valence-corrected chi connectivity index (χ3v) is 3.77. The van der Waals surface area contributed by atoms with Crippen molar-refractivity contribution in [1.82, 2.24) is 5.32 Å². The van der Waals surface area contributed by atoms with Crippen molar-refractivity contribution in [3.8, 4) is 0 Å². The van der Waals surface area contributed by atoms with Gasteiger partial charge < -0.3 is 5.32 Å². The van der Waals surface area contributed by atoms with E-state index in [1.165, 1.54) is 22.4 Å². The van der Waals surface area contributed by atoms with Crippen molar-refractivity contribution in [2.75, 3.05) is 0 Å². The molecule has 3 rings (SSSR count). The molecule has 0 bridgehead atoms. The van der Waals surface area contributed by atoms with E-state index in [4.69, 9.17) is 0 Å². The maximum absolute atomic E-state index is 13.2. The molecular formula is C19H18FN. The van der Waals surface area contributed by atoms with E-state index in [0.717, 1.165) is 12.1 Å². The molecular weight excluding hydrogens is 261 g/mol. The van der Waals surface area contributed by atoms with Gasteiger partial charge in [-0.3, -0.25) is 0 Å². The number of hydrogen-bond acceptors (Lipinski definition) is 1. The van der Waals surface area contributed by atoms with Gasteiger partial charge in [-0.2, -0.15) is 0 Å². The van der Waals surface area contributed by atoms with E-state index < -0.39 is 0 Å². The highest BCUT2D eigenvalue weighted by Gasteiger charge is 2.06. The van der Waals surface area contributed by atoms with Gasteiger partial charge in [-0.1, -0.05) is 48.5 Å². The molecule has 0 aliphatic carbocycles. The molecule has 0 fully saturated rings. The maximum Gasteiger partial charge on any atom is 0.123 e. The fourth-order valence-corrected chi connectivity index (χ4v) is 2.51. The van der Waals surface area contributed by atoms with E-state index in [1.807, 2.05) is 12.1 Å². The third-order valence-electron chi connectivity index (χ3n) is 3.77. The van der Waals surface area contributed by atoms with Crippen LogP contribution in [0.2, 0.25) is 0 Å². The quantitative estimate of drug-likeness (QED) is 0.721. The molecule has 0 spiro atoms. The summed E-state index contributed by atoms with van der Waals surface area (Å²) in [4.78, 5) is 0. The minimum atomic E-state index is -0.188. The summed E-state index contributed by atoms with van der Waals surface area (Å²) in [5.41, 5.74) is 2.20. The van der Waals surface area contributed by atoms with Crippen LogP contribution >= 0.6 is 0 Å². The summed E-state index contributed by atoms with van der Waals surface area (Å²) in [6.07, 6.45) is 0. The Labute approximate surface area is 124 Å². The van der Waals surface area contributed by atoms with Gasteiger partial charge in [-0.25, -0.2) is 4.39 Å². The lowest BCUT2D eigenvalue weighted by molar-refractivity contribution is 0.565. The molecule has 0 saturated carbocycles. The predicted octanol–water partition coefficient (Wildman–Crippen LogP) is 4.83. The standard InChI is InChI=1S/C19H18FN/c1-14(17-7-4-8-19(20)12-17)21-13-15-9-10-16-5-2-3-6-18(16)11-15/h2-12,14,21H,13H2,1H3/t14-/m1/s1. The minimum absolute atomic E-state index is 0.118. The van der Waals surface area contributed by atoms with Crippen molar-refractivity contribution in [3.63, 3.8) is 0 Å². The molecule has 1 N–H and O–H groups in total. The summed E-state index contributed by atoms with van der Waals surface area (Å²) in [6.45, 7) is 2.82. The maximum atomic E-state index is 13.2. The summed E-state index contributed by atoms with van der Waals surface area (Å²) in [7, 11) is 0. The first kappa shape index (κ1) is 13.8. The van der Waals surface area contributed by atoms with Crippen LogP contribution in [0, 0.1) is 5.82 Å². The molecule has 21 heavy (non-hydrogen) atoms. The minimum Gasteiger partial charge on any atom is -0.306 e. The van der Waals surface area contributed by atoms with Crippen molar-refractivity contribution in [1.29, 1.82) is 0 Å². The molecule has 106 valence electrons. The summed E-state index contributed by atoms with van der Waals surface area (Å²) in [5.74, 6) is -0.188. The predicted molar refractivity (Wildman–Crippen MR) is 85.6 cm³/mol.